The number of primary amides is 1. The second kappa shape index (κ2) is 2.74. The van der Waals surface area contributed by atoms with Crippen molar-refractivity contribution in [1.29, 1.82) is 0 Å². The molecule has 17 heavy (non-hydrogen) atoms. The molecule has 3 fully saturated rings. The molecule has 2 heteroatoms. The first-order chi connectivity index (χ1) is 8.17. The van der Waals surface area contributed by atoms with Crippen LogP contribution in [0, 0.1) is 17.3 Å². The zero-order chi connectivity index (χ0) is 11.7. The van der Waals surface area contributed by atoms with Gasteiger partial charge in [-0.15, -0.1) is 0 Å². The Bertz CT molecular complexity index is 481. The lowest BCUT2D eigenvalue weighted by Crippen LogP contribution is -2.54. The minimum absolute atomic E-state index is 0.0333. The van der Waals surface area contributed by atoms with E-state index in [0.29, 0.717) is 11.8 Å². The first-order valence-corrected chi connectivity index (χ1v) is 6.53. The van der Waals surface area contributed by atoms with Crippen LogP contribution in [-0.4, -0.2) is 5.91 Å². The molecule has 2 nitrogen and oxygen atoms in total. The van der Waals surface area contributed by atoms with Crippen LogP contribution in [0.1, 0.15) is 31.2 Å². The van der Waals surface area contributed by atoms with Crippen LogP contribution in [0.3, 0.4) is 0 Å². The smallest absolute Gasteiger partial charge is 0.224 e. The molecule has 2 atom stereocenters. The van der Waals surface area contributed by atoms with Gasteiger partial charge in [0.2, 0.25) is 5.91 Å². The predicted octanol–water partition coefficient (Wildman–Crippen LogP) is 2.23. The molecule has 3 saturated carbocycles. The monoisotopic (exact) mass is 227 g/mol. The Balaban J connectivity index is 1.79. The molecule has 4 rings (SSSR count). The van der Waals surface area contributed by atoms with E-state index < -0.39 is 0 Å². The van der Waals surface area contributed by atoms with Crippen LogP contribution in [-0.2, 0) is 10.2 Å². The van der Waals surface area contributed by atoms with Crippen LogP contribution in [0.25, 0.3) is 0 Å². The number of benzene rings is 1. The summed E-state index contributed by atoms with van der Waals surface area (Å²) < 4.78 is 0. The molecule has 1 amide bonds. The van der Waals surface area contributed by atoms with Gasteiger partial charge >= 0.3 is 0 Å². The van der Waals surface area contributed by atoms with Crippen LogP contribution in [0.4, 0.5) is 0 Å². The molecule has 0 radical (unpaired) electrons. The van der Waals surface area contributed by atoms with E-state index in [1.54, 1.807) is 0 Å². The lowest BCUT2D eigenvalue weighted by atomic mass is 9.52. The summed E-state index contributed by atoms with van der Waals surface area (Å²) in [5.74, 6) is 1.10. The molecule has 0 saturated heterocycles. The zero-order valence-corrected chi connectivity index (χ0v) is 9.86. The fourth-order valence-corrected chi connectivity index (χ4v) is 5.11. The minimum atomic E-state index is -0.129. The van der Waals surface area contributed by atoms with Crippen molar-refractivity contribution in [1.82, 2.24) is 0 Å². The van der Waals surface area contributed by atoms with E-state index in [4.69, 9.17) is 5.73 Å². The SMILES string of the molecule is NC(=O)C12CC3(c4ccccc4)CC1CC2C3. The molecule has 1 aromatic rings. The molecule has 3 aliphatic carbocycles. The number of hydrogen-bond donors (Lipinski definition) is 1. The maximum atomic E-state index is 11.8. The van der Waals surface area contributed by atoms with E-state index in [0.717, 1.165) is 6.42 Å². The Morgan fingerprint density at radius 2 is 1.82 bits per heavy atom. The third kappa shape index (κ3) is 0.921. The highest BCUT2D eigenvalue weighted by molar-refractivity contribution is 5.84. The lowest BCUT2D eigenvalue weighted by Gasteiger charge is -2.51. The Hall–Kier alpha value is -1.31. The highest BCUT2D eigenvalue weighted by Crippen LogP contribution is 2.76. The van der Waals surface area contributed by atoms with Crippen molar-refractivity contribution in [3.05, 3.63) is 35.9 Å². The van der Waals surface area contributed by atoms with Gasteiger partial charge in [-0.2, -0.15) is 0 Å². The van der Waals surface area contributed by atoms with Crippen LogP contribution < -0.4 is 5.73 Å². The van der Waals surface area contributed by atoms with Gasteiger partial charge in [-0.25, -0.2) is 0 Å². The highest BCUT2D eigenvalue weighted by atomic mass is 16.1. The maximum absolute atomic E-state index is 11.8. The van der Waals surface area contributed by atoms with Crippen LogP contribution >= 0.6 is 0 Å². The normalized spacial score (nSPS) is 45.6. The van der Waals surface area contributed by atoms with Crippen molar-refractivity contribution in [2.45, 2.75) is 31.1 Å². The van der Waals surface area contributed by atoms with Crippen molar-refractivity contribution in [2.24, 2.45) is 23.0 Å². The van der Waals surface area contributed by atoms with E-state index >= 15 is 0 Å². The summed E-state index contributed by atoms with van der Waals surface area (Å²) in [6, 6.07) is 10.7. The standard InChI is InChI=1S/C15H17NO/c16-13(17)15-9-14(10-4-2-1-3-5-10)7-11(15)6-12(15)8-14/h1-5,11-12H,6-9H2,(H2,16,17). The highest BCUT2D eigenvalue weighted by Gasteiger charge is 2.73. The molecule has 1 aromatic carbocycles. The van der Waals surface area contributed by atoms with Crippen molar-refractivity contribution in [3.8, 4) is 0 Å². The van der Waals surface area contributed by atoms with E-state index in [2.05, 4.69) is 30.3 Å². The van der Waals surface area contributed by atoms with Crippen molar-refractivity contribution >= 4 is 5.91 Å². The molecule has 88 valence electrons. The number of carbonyl (C=O) groups excluding carboxylic acids is 1. The summed E-state index contributed by atoms with van der Waals surface area (Å²) in [6.45, 7) is 0. The van der Waals surface area contributed by atoms with Gasteiger partial charge in [0.25, 0.3) is 0 Å². The fraction of sp³-hybridized carbons (Fsp3) is 0.533. The molecule has 3 aliphatic rings. The fourth-order valence-electron chi connectivity index (χ4n) is 5.11. The summed E-state index contributed by atoms with van der Waals surface area (Å²) >= 11 is 0. The van der Waals surface area contributed by atoms with Gasteiger partial charge in [-0.1, -0.05) is 30.3 Å². The molecule has 2 bridgehead atoms. The van der Waals surface area contributed by atoms with Crippen molar-refractivity contribution in [2.75, 3.05) is 0 Å². The third-order valence-corrected chi connectivity index (χ3v) is 5.78. The Kier molecular flexibility index (Phi) is 1.56. The number of nitrogens with two attached hydrogens (primary N) is 1. The van der Waals surface area contributed by atoms with E-state index in [1.165, 1.54) is 24.8 Å². The first kappa shape index (κ1) is 9.69. The summed E-state index contributed by atoms with van der Waals surface area (Å²) in [4.78, 5) is 11.8. The van der Waals surface area contributed by atoms with Gasteiger partial charge in [0, 0.05) is 0 Å². The molecule has 2 N–H and O–H groups in total. The average Bonchev–Trinajstić information content (AvgIpc) is 2.77. The van der Waals surface area contributed by atoms with E-state index in [-0.39, 0.29) is 16.7 Å². The van der Waals surface area contributed by atoms with Gasteiger partial charge < -0.3 is 5.73 Å². The zero-order valence-electron chi connectivity index (χ0n) is 9.86. The topological polar surface area (TPSA) is 43.1 Å². The number of hydrogen-bond acceptors (Lipinski definition) is 1. The molecule has 0 heterocycles. The van der Waals surface area contributed by atoms with Crippen molar-refractivity contribution in [3.63, 3.8) is 0 Å². The Labute approximate surface area is 101 Å². The van der Waals surface area contributed by atoms with Gasteiger partial charge in [0.05, 0.1) is 5.41 Å². The molecule has 2 unspecified atom stereocenters. The van der Waals surface area contributed by atoms with Crippen LogP contribution in [0.5, 0.6) is 0 Å². The summed E-state index contributed by atoms with van der Waals surface area (Å²) in [5.41, 5.74) is 7.25. The van der Waals surface area contributed by atoms with E-state index in [1.807, 2.05) is 0 Å². The van der Waals surface area contributed by atoms with Crippen molar-refractivity contribution < 1.29 is 4.79 Å². The molecular formula is C15H17NO. The number of fused-ring (bicyclic) bond motifs is 1. The molecular weight excluding hydrogens is 210 g/mol. The van der Waals surface area contributed by atoms with Gasteiger partial charge in [-0.05, 0) is 48.5 Å². The second-order valence-corrected chi connectivity index (χ2v) is 6.27. The second-order valence-electron chi connectivity index (χ2n) is 6.27. The first-order valence-electron chi connectivity index (χ1n) is 6.53. The largest absolute Gasteiger partial charge is 0.369 e. The summed E-state index contributed by atoms with van der Waals surface area (Å²) in [6.07, 6.45) is 4.60. The quantitative estimate of drug-likeness (QED) is 0.827. The van der Waals surface area contributed by atoms with Crippen LogP contribution in [0.2, 0.25) is 0 Å². The minimum Gasteiger partial charge on any atom is -0.369 e. The average molecular weight is 227 g/mol. The summed E-state index contributed by atoms with van der Waals surface area (Å²) in [7, 11) is 0. The van der Waals surface area contributed by atoms with Gasteiger partial charge in [0.15, 0.2) is 0 Å². The Morgan fingerprint density at radius 1 is 1.18 bits per heavy atom. The summed E-state index contributed by atoms with van der Waals surface area (Å²) in [5, 5.41) is 0. The molecule has 0 aromatic heterocycles. The lowest BCUT2D eigenvalue weighted by molar-refractivity contribution is -0.143. The van der Waals surface area contributed by atoms with Gasteiger partial charge in [0.1, 0.15) is 0 Å². The van der Waals surface area contributed by atoms with E-state index in [9.17, 15) is 4.79 Å². The number of amides is 1. The molecule has 0 spiro atoms. The van der Waals surface area contributed by atoms with Gasteiger partial charge in [-0.3, -0.25) is 4.79 Å². The number of rotatable bonds is 2. The molecule has 0 aliphatic heterocycles. The predicted molar refractivity (Wildman–Crippen MR) is 65.2 cm³/mol. The maximum Gasteiger partial charge on any atom is 0.224 e. The number of carbonyl (C=O) groups is 1. The van der Waals surface area contributed by atoms with Crippen LogP contribution in [0.15, 0.2) is 30.3 Å². The Morgan fingerprint density at radius 3 is 2.35 bits per heavy atom. The third-order valence-electron chi connectivity index (χ3n) is 5.78.